The fourth-order valence-electron chi connectivity index (χ4n) is 0.648. The molecular formula is C8H15NO3. The molecule has 0 spiro atoms. The molecule has 0 aliphatic heterocycles. The minimum Gasteiger partial charge on any atom is -0.461 e. The summed E-state index contributed by atoms with van der Waals surface area (Å²) in [6.45, 7) is 4.11. The first-order chi connectivity index (χ1) is 5.72. The Hall–Kier alpha value is -0.870. The third kappa shape index (κ3) is 4.87. The third-order valence-electron chi connectivity index (χ3n) is 1.28. The fourth-order valence-corrected chi connectivity index (χ4v) is 0.648. The largest absolute Gasteiger partial charge is 0.461 e. The van der Waals surface area contributed by atoms with E-state index in [1.54, 1.807) is 0 Å². The molecule has 0 aromatic rings. The molecule has 0 atom stereocenters. The van der Waals surface area contributed by atoms with Crippen LogP contribution in [-0.4, -0.2) is 30.8 Å². The van der Waals surface area contributed by atoms with E-state index in [-0.39, 0.29) is 13.2 Å². The molecule has 0 radical (unpaired) electrons. The van der Waals surface area contributed by atoms with Crippen LogP contribution >= 0.6 is 0 Å². The Labute approximate surface area is 72.0 Å². The van der Waals surface area contributed by atoms with Gasteiger partial charge in [-0.1, -0.05) is 6.58 Å². The highest BCUT2D eigenvalue weighted by atomic mass is 16.5. The van der Waals surface area contributed by atoms with Crippen molar-refractivity contribution in [1.29, 1.82) is 0 Å². The molecular weight excluding hydrogens is 158 g/mol. The van der Waals surface area contributed by atoms with E-state index in [1.165, 1.54) is 0 Å². The van der Waals surface area contributed by atoms with E-state index in [9.17, 15) is 4.79 Å². The second-order valence-corrected chi connectivity index (χ2v) is 2.36. The quantitative estimate of drug-likeness (QED) is 0.431. The van der Waals surface area contributed by atoms with Gasteiger partial charge in [-0.3, -0.25) is 0 Å². The number of nitrogens with two attached hydrogens (primary N) is 1. The summed E-state index contributed by atoms with van der Waals surface area (Å²) < 4.78 is 4.70. The van der Waals surface area contributed by atoms with Gasteiger partial charge in [-0.25, -0.2) is 4.79 Å². The van der Waals surface area contributed by atoms with E-state index >= 15 is 0 Å². The zero-order valence-electron chi connectivity index (χ0n) is 7.08. The molecule has 0 aliphatic rings. The number of hydrogen-bond donors (Lipinski definition) is 2. The normalized spacial score (nSPS) is 9.50. The molecule has 0 fully saturated rings. The second-order valence-electron chi connectivity index (χ2n) is 2.36. The molecule has 0 saturated heterocycles. The minimum absolute atomic E-state index is 0.0587. The second kappa shape index (κ2) is 6.82. The molecule has 0 aliphatic carbocycles. The number of esters is 1. The Morgan fingerprint density at radius 2 is 2.25 bits per heavy atom. The van der Waals surface area contributed by atoms with Crippen molar-refractivity contribution in [3.63, 3.8) is 0 Å². The molecule has 0 aromatic heterocycles. The van der Waals surface area contributed by atoms with Crippen LogP contribution in [-0.2, 0) is 9.53 Å². The Kier molecular flexibility index (Phi) is 6.32. The van der Waals surface area contributed by atoms with Gasteiger partial charge in [0.15, 0.2) is 0 Å². The first-order valence-electron chi connectivity index (χ1n) is 3.88. The smallest absolute Gasteiger partial charge is 0.333 e. The van der Waals surface area contributed by atoms with E-state index in [0.717, 1.165) is 0 Å². The highest BCUT2D eigenvalue weighted by Crippen LogP contribution is 2.03. The van der Waals surface area contributed by atoms with Crippen LogP contribution in [0.25, 0.3) is 0 Å². The van der Waals surface area contributed by atoms with Crippen molar-refractivity contribution in [3.05, 3.63) is 12.2 Å². The van der Waals surface area contributed by atoms with Crippen LogP contribution in [0.2, 0.25) is 0 Å². The van der Waals surface area contributed by atoms with Crippen molar-refractivity contribution in [2.45, 2.75) is 12.8 Å². The minimum atomic E-state index is -0.422. The predicted octanol–water partition coefficient (Wildman–Crippen LogP) is -0.183. The van der Waals surface area contributed by atoms with Gasteiger partial charge in [-0.05, 0) is 12.8 Å². The predicted molar refractivity (Wildman–Crippen MR) is 45.5 cm³/mol. The molecule has 3 N–H and O–H groups in total. The summed E-state index contributed by atoms with van der Waals surface area (Å²) in [6, 6.07) is 0. The highest BCUT2D eigenvalue weighted by Gasteiger charge is 2.06. The number of ether oxygens (including phenoxy) is 1. The number of carbonyl (C=O) groups excluding carboxylic acids is 1. The molecule has 0 saturated carbocycles. The monoisotopic (exact) mass is 173 g/mol. The average Bonchev–Trinajstić information content (AvgIpc) is 2.10. The van der Waals surface area contributed by atoms with Crippen LogP contribution in [0.3, 0.4) is 0 Å². The van der Waals surface area contributed by atoms with Crippen LogP contribution in [0.4, 0.5) is 0 Å². The maximum absolute atomic E-state index is 10.9. The molecule has 70 valence electrons. The van der Waals surface area contributed by atoms with Gasteiger partial charge >= 0.3 is 5.97 Å². The lowest BCUT2D eigenvalue weighted by molar-refractivity contribution is -0.138. The van der Waals surface area contributed by atoms with Crippen molar-refractivity contribution >= 4 is 5.97 Å². The van der Waals surface area contributed by atoms with Crippen molar-refractivity contribution in [2.75, 3.05) is 19.8 Å². The Bertz CT molecular complexity index is 138. The number of rotatable bonds is 6. The Balaban J connectivity index is 3.55. The van der Waals surface area contributed by atoms with Gasteiger partial charge in [0, 0.05) is 18.7 Å². The first-order valence-corrected chi connectivity index (χ1v) is 3.88. The van der Waals surface area contributed by atoms with Gasteiger partial charge in [-0.15, -0.1) is 0 Å². The maximum Gasteiger partial charge on any atom is 0.333 e. The molecule has 4 heteroatoms. The topological polar surface area (TPSA) is 72.5 Å². The lowest BCUT2D eigenvalue weighted by atomic mass is 10.2. The summed E-state index contributed by atoms with van der Waals surface area (Å²) in [4.78, 5) is 10.9. The molecule has 0 bridgehead atoms. The molecule has 0 rings (SSSR count). The van der Waals surface area contributed by atoms with Crippen molar-refractivity contribution < 1.29 is 14.6 Å². The molecule has 0 amide bonds. The molecule has 0 aromatic carbocycles. The van der Waals surface area contributed by atoms with Gasteiger partial charge in [0.25, 0.3) is 0 Å². The maximum atomic E-state index is 10.9. The lowest BCUT2D eigenvalue weighted by Crippen LogP contribution is -2.14. The lowest BCUT2D eigenvalue weighted by Gasteiger charge is -2.04. The molecule has 0 heterocycles. The van der Waals surface area contributed by atoms with Crippen LogP contribution in [0.15, 0.2) is 12.2 Å². The van der Waals surface area contributed by atoms with E-state index in [0.29, 0.717) is 25.0 Å². The van der Waals surface area contributed by atoms with Gasteiger partial charge in [0.05, 0.1) is 0 Å². The highest BCUT2D eigenvalue weighted by molar-refractivity contribution is 5.87. The number of aliphatic hydroxyl groups is 1. The fraction of sp³-hybridized carbons (Fsp3) is 0.625. The van der Waals surface area contributed by atoms with Gasteiger partial charge in [0.2, 0.25) is 0 Å². The standard InChI is InChI=1S/C8H15NO3/c1-7(3-2-5-10)8(11)12-6-4-9/h10H,1-6,9H2. The summed E-state index contributed by atoms with van der Waals surface area (Å²) in [6.07, 6.45) is 1.01. The van der Waals surface area contributed by atoms with Crippen LogP contribution in [0, 0.1) is 0 Å². The summed E-state index contributed by atoms with van der Waals surface area (Å²) in [5.41, 5.74) is 5.52. The summed E-state index contributed by atoms with van der Waals surface area (Å²) in [5.74, 6) is -0.422. The number of hydrogen-bond acceptors (Lipinski definition) is 4. The average molecular weight is 173 g/mol. The van der Waals surface area contributed by atoms with Gasteiger partial charge in [-0.2, -0.15) is 0 Å². The van der Waals surface area contributed by atoms with Crippen molar-refractivity contribution in [3.8, 4) is 0 Å². The number of carbonyl (C=O) groups is 1. The van der Waals surface area contributed by atoms with Gasteiger partial charge in [0.1, 0.15) is 6.61 Å². The van der Waals surface area contributed by atoms with Crippen LogP contribution < -0.4 is 5.73 Å². The SMILES string of the molecule is C=C(CCCO)C(=O)OCCN. The van der Waals surface area contributed by atoms with E-state index in [1.807, 2.05) is 0 Å². The van der Waals surface area contributed by atoms with E-state index in [4.69, 9.17) is 15.6 Å². The first kappa shape index (κ1) is 11.1. The molecule has 4 nitrogen and oxygen atoms in total. The molecule has 12 heavy (non-hydrogen) atoms. The van der Waals surface area contributed by atoms with Gasteiger partial charge < -0.3 is 15.6 Å². The zero-order chi connectivity index (χ0) is 9.40. The Morgan fingerprint density at radius 3 is 2.75 bits per heavy atom. The van der Waals surface area contributed by atoms with Crippen LogP contribution in [0.1, 0.15) is 12.8 Å². The van der Waals surface area contributed by atoms with Crippen molar-refractivity contribution in [2.24, 2.45) is 5.73 Å². The molecule has 0 unspecified atom stereocenters. The van der Waals surface area contributed by atoms with E-state index in [2.05, 4.69) is 6.58 Å². The summed E-state index contributed by atoms with van der Waals surface area (Å²) >= 11 is 0. The third-order valence-corrected chi connectivity index (χ3v) is 1.28. The van der Waals surface area contributed by atoms with Crippen LogP contribution in [0.5, 0.6) is 0 Å². The summed E-state index contributed by atoms with van der Waals surface area (Å²) in [5, 5.41) is 8.46. The van der Waals surface area contributed by atoms with E-state index < -0.39 is 5.97 Å². The van der Waals surface area contributed by atoms with Crippen molar-refractivity contribution in [1.82, 2.24) is 0 Å². The Morgan fingerprint density at radius 1 is 1.58 bits per heavy atom. The zero-order valence-corrected chi connectivity index (χ0v) is 7.08. The number of aliphatic hydroxyl groups excluding tert-OH is 1. The summed E-state index contributed by atoms with van der Waals surface area (Å²) in [7, 11) is 0.